The zero-order chi connectivity index (χ0) is 20.0. The maximum atomic E-state index is 6.33. The molecular weight excluding hydrogens is 442 g/mol. The zero-order valence-corrected chi connectivity index (χ0v) is 18.4. The first-order valence-corrected chi connectivity index (χ1v) is 11.3. The molecule has 0 spiro atoms. The summed E-state index contributed by atoms with van der Waals surface area (Å²) in [4.78, 5) is 4.87. The molecule has 4 aromatic rings. The molecule has 0 amide bonds. The Kier molecular flexibility index (Phi) is 4.83. The van der Waals surface area contributed by atoms with Gasteiger partial charge in [0.25, 0.3) is 0 Å². The second-order valence-electron chi connectivity index (χ2n) is 6.55. The molecule has 8 heteroatoms. The van der Waals surface area contributed by atoms with E-state index in [4.69, 9.17) is 33.5 Å². The molecule has 1 unspecified atom stereocenters. The van der Waals surface area contributed by atoms with Crippen LogP contribution in [0.3, 0.4) is 0 Å². The van der Waals surface area contributed by atoms with Crippen LogP contribution in [0.1, 0.15) is 29.0 Å². The molecule has 1 N–H and O–H groups in total. The average molecular weight is 456 g/mol. The number of nitrogens with zero attached hydrogens (tertiary/aromatic N) is 2. The Morgan fingerprint density at radius 3 is 2.72 bits per heavy atom. The molecule has 0 saturated carbocycles. The SMILES string of the molecule is CC1=C(Oc2ccccc2Cl)c2ccccc2C1c1nc(-c2n[nH]c(=S)s2)cs1. The number of rotatable bonds is 4. The third kappa shape index (κ3) is 3.34. The predicted molar refractivity (Wildman–Crippen MR) is 121 cm³/mol. The van der Waals surface area contributed by atoms with E-state index in [1.165, 1.54) is 16.9 Å². The van der Waals surface area contributed by atoms with Crippen molar-refractivity contribution in [2.24, 2.45) is 0 Å². The maximum absolute atomic E-state index is 6.33. The number of halogens is 1. The van der Waals surface area contributed by atoms with Crippen LogP contribution in [0.2, 0.25) is 5.02 Å². The van der Waals surface area contributed by atoms with Crippen LogP contribution < -0.4 is 4.74 Å². The molecule has 0 saturated heterocycles. The number of hydrogen-bond donors (Lipinski definition) is 1. The lowest BCUT2D eigenvalue weighted by molar-refractivity contribution is 0.512. The van der Waals surface area contributed by atoms with Crippen molar-refractivity contribution in [1.82, 2.24) is 15.2 Å². The van der Waals surface area contributed by atoms with Crippen molar-refractivity contribution in [2.45, 2.75) is 12.8 Å². The van der Waals surface area contributed by atoms with Gasteiger partial charge in [-0.2, -0.15) is 5.10 Å². The van der Waals surface area contributed by atoms with Crippen molar-refractivity contribution < 1.29 is 4.74 Å². The minimum Gasteiger partial charge on any atom is -0.455 e. The molecule has 144 valence electrons. The Bertz CT molecular complexity index is 1300. The lowest BCUT2D eigenvalue weighted by Gasteiger charge is -2.11. The summed E-state index contributed by atoms with van der Waals surface area (Å²) in [6, 6.07) is 15.8. The van der Waals surface area contributed by atoms with Crippen LogP contribution in [-0.4, -0.2) is 15.2 Å². The monoisotopic (exact) mass is 455 g/mol. The van der Waals surface area contributed by atoms with E-state index in [0.29, 0.717) is 14.7 Å². The largest absolute Gasteiger partial charge is 0.455 e. The highest BCUT2D eigenvalue weighted by Crippen LogP contribution is 2.47. The fourth-order valence-corrected chi connectivity index (χ4v) is 5.57. The maximum Gasteiger partial charge on any atom is 0.176 e. The molecule has 2 aromatic heterocycles. The number of aromatic amines is 1. The van der Waals surface area contributed by atoms with Gasteiger partial charge in [0, 0.05) is 10.9 Å². The number of benzene rings is 2. The third-order valence-corrected chi connectivity index (χ3v) is 7.12. The Balaban J connectivity index is 1.58. The summed E-state index contributed by atoms with van der Waals surface area (Å²) >= 11 is 14.5. The van der Waals surface area contributed by atoms with Gasteiger partial charge in [-0.05, 0) is 42.4 Å². The second-order valence-corrected chi connectivity index (χ2v) is 9.52. The van der Waals surface area contributed by atoms with Crippen LogP contribution in [0.4, 0.5) is 0 Å². The Hall–Kier alpha value is -2.32. The lowest BCUT2D eigenvalue weighted by atomic mass is 9.97. The van der Waals surface area contributed by atoms with Gasteiger partial charge in [0.05, 0.1) is 10.9 Å². The smallest absolute Gasteiger partial charge is 0.176 e. The van der Waals surface area contributed by atoms with Gasteiger partial charge in [-0.3, -0.25) is 5.10 Å². The van der Waals surface area contributed by atoms with E-state index in [1.54, 1.807) is 11.3 Å². The van der Waals surface area contributed by atoms with E-state index in [9.17, 15) is 0 Å². The van der Waals surface area contributed by atoms with Crippen LogP contribution >= 0.6 is 46.5 Å². The molecule has 0 radical (unpaired) electrons. The molecule has 2 aromatic carbocycles. The van der Waals surface area contributed by atoms with E-state index in [2.05, 4.69) is 29.3 Å². The van der Waals surface area contributed by atoms with Gasteiger partial charge in [-0.15, -0.1) is 11.3 Å². The molecule has 1 aliphatic carbocycles. The Morgan fingerprint density at radius 1 is 1.14 bits per heavy atom. The first-order chi connectivity index (χ1) is 14.1. The first-order valence-electron chi connectivity index (χ1n) is 8.85. The highest BCUT2D eigenvalue weighted by atomic mass is 35.5. The summed E-state index contributed by atoms with van der Waals surface area (Å²) < 4.78 is 6.93. The third-order valence-electron chi connectivity index (χ3n) is 4.78. The number of thiazole rings is 1. The molecule has 1 aliphatic rings. The summed E-state index contributed by atoms with van der Waals surface area (Å²) in [6.45, 7) is 2.09. The highest BCUT2D eigenvalue weighted by molar-refractivity contribution is 7.73. The second kappa shape index (κ2) is 7.50. The van der Waals surface area contributed by atoms with Crippen molar-refractivity contribution in [3.05, 3.63) is 84.6 Å². The van der Waals surface area contributed by atoms with Crippen LogP contribution in [0.25, 0.3) is 16.5 Å². The van der Waals surface area contributed by atoms with E-state index in [1.807, 2.05) is 41.8 Å². The number of nitrogens with one attached hydrogen (secondary N) is 1. The Morgan fingerprint density at radius 2 is 1.93 bits per heavy atom. The topological polar surface area (TPSA) is 50.8 Å². The molecule has 0 fully saturated rings. The van der Waals surface area contributed by atoms with Gasteiger partial charge in [-0.25, -0.2) is 4.98 Å². The summed E-state index contributed by atoms with van der Waals surface area (Å²) in [7, 11) is 0. The van der Waals surface area contributed by atoms with E-state index >= 15 is 0 Å². The van der Waals surface area contributed by atoms with Gasteiger partial charge < -0.3 is 4.74 Å². The summed E-state index contributed by atoms with van der Waals surface area (Å²) in [5.74, 6) is 1.52. The quantitative estimate of drug-likeness (QED) is 0.339. The zero-order valence-electron chi connectivity index (χ0n) is 15.2. The molecular formula is C21H14ClN3OS3. The first kappa shape index (κ1) is 18.7. The number of para-hydroxylation sites is 1. The minimum atomic E-state index is 0.0364. The van der Waals surface area contributed by atoms with Gasteiger partial charge in [0.1, 0.15) is 22.2 Å². The van der Waals surface area contributed by atoms with Gasteiger partial charge in [-0.1, -0.05) is 59.3 Å². The molecule has 29 heavy (non-hydrogen) atoms. The average Bonchev–Trinajstić information content (AvgIpc) is 3.42. The van der Waals surface area contributed by atoms with Crippen molar-refractivity contribution in [1.29, 1.82) is 0 Å². The summed E-state index contributed by atoms with van der Waals surface area (Å²) in [6.07, 6.45) is 0. The van der Waals surface area contributed by atoms with Crippen LogP contribution in [-0.2, 0) is 0 Å². The number of aromatic nitrogens is 3. The van der Waals surface area contributed by atoms with Crippen molar-refractivity contribution in [3.63, 3.8) is 0 Å². The fraction of sp³-hybridized carbons (Fsp3) is 0.0952. The molecule has 5 rings (SSSR count). The van der Waals surface area contributed by atoms with E-state index < -0.39 is 0 Å². The molecule has 4 nitrogen and oxygen atoms in total. The van der Waals surface area contributed by atoms with E-state index in [0.717, 1.165) is 32.6 Å². The van der Waals surface area contributed by atoms with Crippen LogP contribution in [0.5, 0.6) is 5.75 Å². The number of H-pyrrole nitrogens is 1. The van der Waals surface area contributed by atoms with Crippen molar-refractivity contribution >= 4 is 52.3 Å². The summed E-state index contributed by atoms with van der Waals surface area (Å²) in [5, 5.41) is 11.5. The minimum absolute atomic E-state index is 0.0364. The van der Waals surface area contributed by atoms with Crippen LogP contribution in [0, 0.1) is 3.95 Å². The number of allylic oxidation sites excluding steroid dienone is 1. The lowest BCUT2D eigenvalue weighted by Crippen LogP contribution is -1.99. The number of ether oxygens (including phenoxy) is 1. The predicted octanol–water partition coefficient (Wildman–Crippen LogP) is 6.93. The van der Waals surface area contributed by atoms with Gasteiger partial charge >= 0.3 is 0 Å². The highest BCUT2D eigenvalue weighted by Gasteiger charge is 2.33. The van der Waals surface area contributed by atoms with E-state index in [-0.39, 0.29) is 5.92 Å². The van der Waals surface area contributed by atoms with Crippen molar-refractivity contribution in [3.8, 4) is 16.5 Å². The normalized spacial score (nSPS) is 15.6. The van der Waals surface area contributed by atoms with Crippen molar-refractivity contribution in [2.75, 3.05) is 0 Å². The van der Waals surface area contributed by atoms with Gasteiger partial charge in [0.15, 0.2) is 8.96 Å². The molecule has 0 bridgehead atoms. The summed E-state index contributed by atoms with van der Waals surface area (Å²) in [5.41, 5.74) is 4.21. The van der Waals surface area contributed by atoms with Crippen LogP contribution in [0.15, 0.2) is 59.5 Å². The molecule has 2 heterocycles. The molecule has 1 atom stereocenters. The van der Waals surface area contributed by atoms with Gasteiger partial charge in [0.2, 0.25) is 0 Å². The Labute approximate surface area is 185 Å². The number of fused-ring (bicyclic) bond motifs is 1. The standard InChI is InChI=1S/C21H14ClN3OS3/c1-11-17(20-23-15(10-28-20)19-24-25-21(27)29-19)12-6-2-3-7-13(12)18(11)26-16-9-5-4-8-14(16)22/h2-10,17H,1H3,(H,25,27). The fourth-order valence-electron chi connectivity index (χ4n) is 3.48. The number of hydrogen-bond acceptors (Lipinski definition) is 6. The molecule has 0 aliphatic heterocycles.